The minimum Gasteiger partial charge on any atom is -0.309 e. The summed E-state index contributed by atoms with van der Waals surface area (Å²) in [6, 6.07) is 73.4. The number of nitriles is 5. The predicted octanol–water partition coefficient (Wildman–Crippen LogP) is 13.8. The van der Waals surface area contributed by atoms with Crippen molar-refractivity contribution >= 4 is 43.6 Å². The SMILES string of the molecule is N#Cc1ccc2c(c1)c1cc(C#N)ccc1n2-c1ccc(-c2nc(-c3ccccc3)nc(-c3ccccc3)n2)cc1-c1cc(-c2ccccc2C#N)ccc1-n1c2ccc(C#N)cc2c2cc(C#N)ccc21. The van der Waals surface area contributed by atoms with Crippen LogP contribution in [-0.2, 0) is 0 Å². The summed E-state index contributed by atoms with van der Waals surface area (Å²) in [4.78, 5) is 15.3. The molecule has 0 atom stereocenters. The Morgan fingerprint density at radius 3 is 1.06 bits per heavy atom. The molecule has 12 aromatic rings. The van der Waals surface area contributed by atoms with E-state index in [1.54, 1.807) is 30.3 Å². The number of hydrogen-bond donors (Lipinski definition) is 0. The number of hydrogen-bond acceptors (Lipinski definition) is 8. The Labute approximate surface area is 412 Å². The Bertz CT molecular complexity index is 4250. The molecule has 330 valence electrons. The van der Waals surface area contributed by atoms with E-state index in [4.69, 9.17) is 15.0 Å². The summed E-state index contributed by atoms with van der Waals surface area (Å²) in [5.74, 6) is 1.44. The highest BCUT2D eigenvalue weighted by molar-refractivity contribution is 6.12. The Hall–Kier alpha value is -11.0. The lowest BCUT2D eigenvalue weighted by atomic mass is 9.93. The highest BCUT2D eigenvalue weighted by atomic mass is 15.0. The van der Waals surface area contributed by atoms with Crippen molar-refractivity contribution in [2.24, 2.45) is 0 Å². The molecule has 0 spiro atoms. The average Bonchev–Trinajstić information content (AvgIpc) is 3.95. The van der Waals surface area contributed by atoms with Gasteiger partial charge in [-0.2, -0.15) is 26.3 Å². The lowest BCUT2D eigenvalue weighted by Gasteiger charge is -2.21. The van der Waals surface area contributed by atoms with Gasteiger partial charge in [-0.05, 0) is 120 Å². The summed E-state index contributed by atoms with van der Waals surface area (Å²) in [7, 11) is 0. The molecular weight excluding hydrogens is 885 g/mol. The van der Waals surface area contributed by atoms with Gasteiger partial charge in [0.1, 0.15) is 0 Å². The molecule has 0 unspecified atom stereocenters. The zero-order valence-electron chi connectivity index (χ0n) is 37.9. The van der Waals surface area contributed by atoms with E-state index in [-0.39, 0.29) is 0 Å². The quantitative estimate of drug-likeness (QED) is 0.152. The van der Waals surface area contributed by atoms with Crippen LogP contribution in [0.25, 0.3) is 111 Å². The van der Waals surface area contributed by atoms with Crippen molar-refractivity contribution in [1.82, 2.24) is 24.1 Å². The van der Waals surface area contributed by atoms with E-state index >= 15 is 0 Å². The van der Waals surface area contributed by atoms with Crippen molar-refractivity contribution in [2.45, 2.75) is 0 Å². The maximum absolute atomic E-state index is 10.4. The van der Waals surface area contributed by atoms with Gasteiger partial charge in [-0.1, -0.05) is 84.9 Å². The van der Waals surface area contributed by atoms with Crippen LogP contribution in [0.15, 0.2) is 194 Å². The highest BCUT2D eigenvalue weighted by Gasteiger charge is 2.24. The van der Waals surface area contributed by atoms with Crippen LogP contribution in [0.4, 0.5) is 0 Å². The van der Waals surface area contributed by atoms with E-state index < -0.39 is 0 Å². The third kappa shape index (κ3) is 7.04. The topological polar surface area (TPSA) is 167 Å². The summed E-state index contributed by atoms with van der Waals surface area (Å²) in [6.07, 6.45) is 0. The van der Waals surface area contributed by atoms with Crippen LogP contribution in [0, 0.1) is 56.7 Å². The summed E-state index contributed by atoms with van der Waals surface area (Å²) in [5.41, 5.74) is 12.6. The van der Waals surface area contributed by atoms with E-state index in [2.05, 4.69) is 63.7 Å². The first-order valence-electron chi connectivity index (χ1n) is 22.9. The van der Waals surface area contributed by atoms with Crippen LogP contribution < -0.4 is 0 Å². The molecule has 0 fully saturated rings. The van der Waals surface area contributed by atoms with Crippen molar-refractivity contribution in [3.63, 3.8) is 0 Å². The second kappa shape index (κ2) is 17.3. The zero-order chi connectivity index (χ0) is 48.9. The number of fused-ring (bicyclic) bond motifs is 6. The van der Waals surface area contributed by atoms with Crippen molar-refractivity contribution in [3.8, 4) is 98.1 Å². The Morgan fingerprint density at radius 1 is 0.292 bits per heavy atom. The van der Waals surface area contributed by atoms with E-state index in [1.807, 2.05) is 140 Å². The van der Waals surface area contributed by atoms with Gasteiger partial charge in [0.25, 0.3) is 0 Å². The Balaban J connectivity index is 1.24. The minimum absolute atomic E-state index is 0.438. The van der Waals surface area contributed by atoms with Crippen LogP contribution in [0.1, 0.15) is 27.8 Å². The van der Waals surface area contributed by atoms with Gasteiger partial charge < -0.3 is 9.13 Å². The second-order valence-corrected chi connectivity index (χ2v) is 17.2. The number of rotatable bonds is 7. The molecule has 0 amide bonds. The zero-order valence-corrected chi connectivity index (χ0v) is 37.9. The lowest BCUT2D eigenvalue weighted by molar-refractivity contribution is 1.07. The number of aromatic nitrogens is 5. The third-order valence-corrected chi connectivity index (χ3v) is 13.1. The largest absolute Gasteiger partial charge is 0.309 e. The minimum atomic E-state index is 0.438. The Morgan fingerprint density at radius 2 is 0.653 bits per heavy atom. The van der Waals surface area contributed by atoms with Crippen molar-refractivity contribution in [3.05, 3.63) is 222 Å². The molecule has 72 heavy (non-hydrogen) atoms. The maximum Gasteiger partial charge on any atom is 0.164 e. The first kappa shape index (κ1) is 42.4. The van der Waals surface area contributed by atoms with E-state index in [9.17, 15) is 26.3 Å². The van der Waals surface area contributed by atoms with Gasteiger partial charge in [0.15, 0.2) is 17.5 Å². The molecule has 0 N–H and O–H groups in total. The van der Waals surface area contributed by atoms with Gasteiger partial charge in [0.05, 0.1) is 91.6 Å². The van der Waals surface area contributed by atoms with Crippen LogP contribution in [-0.4, -0.2) is 24.1 Å². The molecule has 0 aliphatic carbocycles. The molecule has 0 bridgehead atoms. The van der Waals surface area contributed by atoms with E-state index in [1.165, 1.54) is 0 Å². The molecule has 0 aliphatic rings. The summed E-state index contributed by atoms with van der Waals surface area (Å²) in [6.45, 7) is 0. The standard InChI is InChI=1S/C62H32N10/c63-33-38-15-21-54-48(27-38)49-28-39(34-64)16-22-55(49)71(54)58-25-19-44(47-14-8-7-13-46(47)37-67)31-52(58)53-32-45(62-69-60(42-9-3-1-4-10-42)68-61(70-62)43-11-5-2-6-12-43)20-26-59(53)72-56-23-17-40(35-65)29-50(56)51-30-41(36-66)18-24-57(51)72/h1-32H. The van der Waals surface area contributed by atoms with Crippen molar-refractivity contribution in [2.75, 3.05) is 0 Å². The Kier molecular flexibility index (Phi) is 10.2. The third-order valence-electron chi connectivity index (χ3n) is 13.1. The highest BCUT2D eigenvalue weighted by Crippen LogP contribution is 2.44. The van der Waals surface area contributed by atoms with Crippen LogP contribution in [0.3, 0.4) is 0 Å². The normalized spacial score (nSPS) is 11.0. The fourth-order valence-corrected chi connectivity index (χ4v) is 9.81. The van der Waals surface area contributed by atoms with E-state index in [0.717, 1.165) is 88.4 Å². The van der Waals surface area contributed by atoms with Gasteiger partial charge in [-0.3, -0.25) is 0 Å². The molecule has 0 aliphatic heterocycles. The van der Waals surface area contributed by atoms with Gasteiger partial charge >= 0.3 is 0 Å². The fraction of sp³-hybridized carbons (Fsp3) is 0. The van der Waals surface area contributed by atoms with Gasteiger partial charge in [-0.25, -0.2) is 15.0 Å². The van der Waals surface area contributed by atoms with Crippen molar-refractivity contribution < 1.29 is 0 Å². The molecule has 10 nitrogen and oxygen atoms in total. The van der Waals surface area contributed by atoms with Gasteiger partial charge in [0.2, 0.25) is 0 Å². The second-order valence-electron chi connectivity index (χ2n) is 17.2. The van der Waals surface area contributed by atoms with Crippen LogP contribution in [0.5, 0.6) is 0 Å². The van der Waals surface area contributed by atoms with Crippen LogP contribution >= 0.6 is 0 Å². The molecule has 3 aromatic heterocycles. The van der Waals surface area contributed by atoms with Crippen LogP contribution in [0.2, 0.25) is 0 Å². The first-order chi connectivity index (χ1) is 35.4. The molecule has 0 saturated carbocycles. The van der Waals surface area contributed by atoms with Gasteiger partial charge in [0, 0.05) is 49.4 Å². The molecular formula is C62H32N10. The molecule has 3 heterocycles. The fourth-order valence-electron chi connectivity index (χ4n) is 9.81. The summed E-state index contributed by atoms with van der Waals surface area (Å²) < 4.78 is 4.32. The molecule has 0 radical (unpaired) electrons. The monoisotopic (exact) mass is 916 g/mol. The summed E-state index contributed by atoms with van der Waals surface area (Å²) >= 11 is 0. The van der Waals surface area contributed by atoms with Gasteiger partial charge in [-0.15, -0.1) is 0 Å². The maximum atomic E-state index is 10.4. The molecule has 12 rings (SSSR count). The smallest absolute Gasteiger partial charge is 0.164 e. The molecule has 9 aromatic carbocycles. The molecule has 0 saturated heterocycles. The van der Waals surface area contributed by atoms with Crippen molar-refractivity contribution in [1.29, 1.82) is 26.3 Å². The number of benzene rings is 9. The van der Waals surface area contributed by atoms with E-state index in [0.29, 0.717) is 50.9 Å². The lowest BCUT2D eigenvalue weighted by Crippen LogP contribution is -2.04. The average molecular weight is 917 g/mol. The summed E-state index contributed by atoms with van der Waals surface area (Å²) in [5, 5.41) is 54.1. The molecule has 10 heteroatoms. The number of nitrogens with zero attached hydrogens (tertiary/aromatic N) is 10. The predicted molar refractivity (Wildman–Crippen MR) is 279 cm³/mol. The first-order valence-corrected chi connectivity index (χ1v) is 22.9.